The fraction of sp³-hybridized carbons (Fsp3) is 0.625. The Kier molecular flexibility index (Phi) is 4.81. The third-order valence-electron chi connectivity index (χ3n) is 3.83. The first kappa shape index (κ1) is 18.5. The highest BCUT2D eigenvalue weighted by molar-refractivity contribution is 5.91. The molecule has 24 heavy (non-hydrogen) atoms. The molecule has 5 nitrogen and oxygen atoms in total. The van der Waals surface area contributed by atoms with E-state index in [4.69, 9.17) is 4.74 Å². The topological polar surface area (TPSA) is 54.5 Å². The van der Waals surface area contributed by atoms with Crippen LogP contribution < -0.4 is 5.32 Å². The summed E-state index contributed by atoms with van der Waals surface area (Å²) in [6.07, 6.45) is -6.52. The van der Waals surface area contributed by atoms with E-state index in [2.05, 4.69) is 10.3 Å². The van der Waals surface area contributed by atoms with Crippen LogP contribution in [-0.2, 0) is 4.74 Å². The highest BCUT2D eigenvalue weighted by Gasteiger charge is 2.49. The highest BCUT2D eigenvalue weighted by atomic mass is 19.4. The van der Waals surface area contributed by atoms with Gasteiger partial charge in [0, 0.05) is 5.69 Å². The molecule has 1 saturated heterocycles. The van der Waals surface area contributed by atoms with E-state index in [0.29, 0.717) is 11.4 Å². The Morgan fingerprint density at radius 1 is 1.38 bits per heavy atom. The average Bonchev–Trinajstić information content (AvgIpc) is 2.39. The zero-order chi connectivity index (χ0) is 18.3. The highest BCUT2D eigenvalue weighted by Crippen LogP contribution is 2.32. The smallest absolute Gasteiger partial charge is 0.359 e. The lowest BCUT2D eigenvalue weighted by molar-refractivity contribution is -0.267. The van der Waals surface area contributed by atoms with Gasteiger partial charge in [-0.05, 0) is 46.2 Å². The average molecular weight is 345 g/mol. The molecule has 8 heteroatoms. The van der Waals surface area contributed by atoms with E-state index in [9.17, 15) is 18.0 Å². The number of pyridine rings is 1. The molecule has 1 aliphatic rings. The number of halogens is 3. The lowest BCUT2D eigenvalue weighted by atomic mass is 10.1. The van der Waals surface area contributed by atoms with Crippen molar-refractivity contribution in [3.8, 4) is 0 Å². The molecular formula is C16H22F3N3O2. The van der Waals surface area contributed by atoms with Gasteiger partial charge in [-0.2, -0.15) is 13.2 Å². The van der Waals surface area contributed by atoms with Gasteiger partial charge in [-0.3, -0.25) is 4.98 Å². The zero-order valence-corrected chi connectivity index (χ0v) is 14.4. The maximum Gasteiger partial charge on any atom is 0.416 e. The number of aryl methyl sites for hydroxylation is 3. The second kappa shape index (κ2) is 6.23. The number of anilines is 1. The molecule has 0 saturated carbocycles. The quantitative estimate of drug-likeness (QED) is 0.846. The van der Waals surface area contributed by atoms with E-state index in [1.165, 1.54) is 13.8 Å². The number of nitrogens with zero attached hydrogens (tertiary/aromatic N) is 2. The first-order valence-corrected chi connectivity index (χ1v) is 7.64. The number of aromatic nitrogens is 1. The van der Waals surface area contributed by atoms with Gasteiger partial charge < -0.3 is 15.0 Å². The SMILES string of the molecule is Cc1cc(C)c(NC(=O)N2CC(C(F)(F)F)OC(C)(C)C2)c(C)n1. The van der Waals surface area contributed by atoms with Crippen LogP contribution in [0.1, 0.15) is 30.8 Å². The molecule has 1 aliphatic heterocycles. The van der Waals surface area contributed by atoms with Gasteiger partial charge in [0.2, 0.25) is 0 Å². The van der Waals surface area contributed by atoms with E-state index in [-0.39, 0.29) is 6.54 Å². The second-order valence-electron chi connectivity index (χ2n) is 6.76. The summed E-state index contributed by atoms with van der Waals surface area (Å²) in [6, 6.07) is 1.22. The summed E-state index contributed by atoms with van der Waals surface area (Å²) in [5, 5.41) is 2.69. The number of carbonyl (C=O) groups is 1. The van der Waals surface area contributed by atoms with Crippen molar-refractivity contribution in [3.63, 3.8) is 0 Å². The van der Waals surface area contributed by atoms with Crippen molar-refractivity contribution in [3.05, 3.63) is 23.0 Å². The number of amides is 2. The minimum Gasteiger partial charge on any atom is -0.359 e. The monoisotopic (exact) mass is 345 g/mol. The van der Waals surface area contributed by atoms with Crippen LogP contribution in [0.3, 0.4) is 0 Å². The molecule has 2 heterocycles. The van der Waals surface area contributed by atoms with Crippen molar-refractivity contribution in [2.75, 3.05) is 18.4 Å². The molecule has 1 fully saturated rings. The first-order chi connectivity index (χ1) is 10.9. The van der Waals surface area contributed by atoms with E-state index in [1.807, 2.05) is 19.9 Å². The van der Waals surface area contributed by atoms with Gasteiger partial charge in [-0.15, -0.1) is 0 Å². The van der Waals surface area contributed by atoms with Crippen molar-refractivity contribution >= 4 is 11.7 Å². The Hall–Kier alpha value is -1.83. The van der Waals surface area contributed by atoms with Crippen molar-refractivity contribution in [2.24, 2.45) is 0 Å². The standard InChI is InChI=1S/C16H22F3N3O2/c1-9-6-10(2)20-11(3)13(9)21-14(23)22-7-12(16(17,18)19)24-15(4,5)8-22/h6,12H,7-8H2,1-5H3,(H,21,23). The number of alkyl halides is 3. The number of hydrogen-bond acceptors (Lipinski definition) is 3. The van der Waals surface area contributed by atoms with Crippen LogP contribution >= 0.6 is 0 Å². The van der Waals surface area contributed by atoms with Crippen molar-refractivity contribution in [1.82, 2.24) is 9.88 Å². The molecule has 0 spiro atoms. The maximum absolute atomic E-state index is 13.0. The van der Waals surface area contributed by atoms with Gasteiger partial charge in [0.1, 0.15) is 0 Å². The second-order valence-corrected chi connectivity index (χ2v) is 6.76. The third-order valence-corrected chi connectivity index (χ3v) is 3.83. The van der Waals surface area contributed by atoms with E-state index >= 15 is 0 Å². The summed E-state index contributed by atoms with van der Waals surface area (Å²) in [5.74, 6) is 0. The fourth-order valence-corrected chi connectivity index (χ4v) is 2.91. The first-order valence-electron chi connectivity index (χ1n) is 7.64. The third kappa shape index (κ3) is 4.17. The molecule has 2 rings (SSSR count). The van der Waals surface area contributed by atoms with Gasteiger partial charge in [0.05, 0.1) is 30.1 Å². The summed E-state index contributed by atoms with van der Waals surface area (Å²) >= 11 is 0. The molecule has 1 unspecified atom stereocenters. The Balaban J connectivity index is 2.20. The van der Waals surface area contributed by atoms with E-state index in [1.54, 1.807) is 6.92 Å². The maximum atomic E-state index is 13.0. The van der Waals surface area contributed by atoms with Crippen LogP contribution in [0.2, 0.25) is 0 Å². The predicted octanol–water partition coefficient (Wildman–Crippen LogP) is 3.58. The lowest BCUT2D eigenvalue weighted by Crippen LogP contribution is -2.59. The van der Waals surface area contributed by atoms with E-state index < -0.39 is 30.5 Å². The molecule has 0 bridgehead atoms. The molecule has 0 aliphatic carbocycles. The Morgan fingerprint density at radius 2 is 2.00 bits per heavy atom. The molecule has 1 aromatic heterocycles. The molecule has 134 valence electrons. The number of carbonyl (C=O) groups excluding carboxylic acids is 1. The number of urea groups is 1. The minimum absolute atomic E-state index is 0.0722. The van der Waals surface area contributed by atoms with Crippen LogP contribution in [0.25, 0.3) is 0 Å². The summed E-state index contributed by atoms with van der Waals surface area (Å²) in [5.41, 5.74) is 1.70. The number of nitrogens with one attached hydrogen (secondary N) is 1. The lowest BCUT2D eigenvalue weighted by Gasteiger charge is -2.43. The summed E-state index contributed by atoms with van der Waals surface area (Å²) in [7, 11) is 0. The Labute approximate surface area is 139 Å². The van der Waals surface area contributed by atoms with Gasteiger partial charge >= 0.3 is 12.2 Å². The Morgan fingerprint density at radius 3 is 2.54 bits per heavy atom. The van der Waals surface area contributed by atoms with Gasteiger partial charge in [-0.1, -0.05) is 0 Å². The number of ether oxygens (including phenoxy) is 1. The van der Waals surface area contributed by atoms with Crippen LogP contribution in [0.5, 0.6) is 0 Å². The van der Waals surface area contributed by atoms with Crippen LogP contribution in [0.15, 0.2) is 6.07 Å². The number of morpholine rings is 1. The Bertz CT molecular complexity index is 621. The van der Waals surface area contributed by atoms with Crippen LogP contribution in [0, 0.1) is 20.8 Å². The normalized spacial score (nSPS) is 20.8. The van der Waals surface area contributed by atoms with Crippen molar-refractivity contribution in [2.45, 2.75) is 52.5 Å². The number of hydrogen-bond donors (Lipinski definition) is 1. The van der Waals surface area contributed by atoms with Gasteiger partial charge in [-0.25, -0.2) is 4.79 Å². The van der Waals surface area contributed by atoms with Crippen molar-refractivity contribution in [1.29, 1.82) is 0 Å². The van der Waals surface area contributed by atoms with Crippen LogP contribution in [0.4, 0.5) is 23.7 Å². The molecule has 1 aromatic rings. The predicted molar refractivity (Wildman–Crippen MR) is 84.0 cm³/mol. The van der Waals surface area contributed by atoms with Crippen LogP contribution in [-0.4, -0.2) is 46.9 Å². The fourth-order valence-electron chi connectivity index (χ4n) is 2.91. The summed E-state index contributed by atoms with van der Waals surface area (Å²) in [4.78, 5) is 17.9. The van der Waals surface area contributed by atoms with Crippen molar-refractivity contribution < 1.29 is 22.7 Å². The largest absolute Gasteiger partial charge is 0.416 e. The zero-order valence-electron chi connectivity index (χ0n) is 14.4. The molecule has 1 N–H and O–H groups in total. The molecular weight excluding hydrogens is 323 g/mol. The molecule has 0 aromatic carbocycles. The summed E-state index contributed by atoms with van der Waals surface area (Å²) in [6.45, 7) is 8.02. The van der Waals surface area contributed by atoms with E-state index in [0.717, 1.165) is 16.2 Å². The van der Waals surface area contributed by atoms with Gasteiger partial charge in [0.25, 0.3) is 0 Å². The summed E-state index contributed by atoms with van der Waals surface area (Å²) < 4.78 is 44.2. The molecule has 1 atom stereocenters. The minimum atomic E-state index is -4.52. The number of rotatable bonds is 1. The van der Waals surface area contributed by atoms with Gasteiger partial charge in [0.15, 0.2) is 6.10 Å². The molecule has 0 radical (unpaired) electrons. The molecule has 2 amide bonds.